The van der Waals surface area contributed by atoms with Crippen LogP contribution in [0.2, 0.25) is 0 Å². The highest BCUT2D eigenvalue weighted by Gasteiger charge is 2.14. The normalized spacial score (nSPS) is 11.0. The van der Waals surface area contributed by atoms with Gasteiger partial charge in [-0.3, -0.25) is 0 Å². The first-order chi connectivity index (χ1) is 12.2. The first kappa shape index (κ1) is 15.5. The molecule has 4 rings (SSSR count). The first-order valence-corrected chi connectivity index (χ1v) is 8.59. The van der Waals surface area contributed by atoms with Crippen molar-refractivity contribution < 1.29 is 0 Å². The number of para-hydroxylation sites is 1. The molecule has 1 heteroatoms. The van der Waals surface area contributed by atoms with Gasteiger partial charge in [0.15, 0.2) is 0 Å². The summed E-state index contributed by atoms with van der Waals surface area (Å²) in [5, 5.41) is 1.25. The van der Waals surface area contributed by atoms with Crippen LogP contribution in [0.5, 0.6) is 0 Å². The lowest BCUT2D eigenvalue weighted by atomic mass is 10.0. The number of hydrogen-bond donors (Lipinski definition) is 0. The van der Waals surface area contributed by atoms with Gasteiger partial charge < -0.3 is 4.57 Å². The van der Waals surface area contributed by atoms with Gasteiger partial charge in [0.05, 0.1) is 5.52 Å². The molecular weight excluding hydrogens is 302 g/mol. The van der Waals surface area contributed by atoms with E-state index in [-0.39, 0.29) is 0 Å². The van der Waals surface area contributed by atoms with Crippen molar-refractivity contribution in [1.29, 1.82) is 0 Å². The summed E-state index contributed by atoms with van der Waals surface area (Å²) in [5.74, 6) is 0. The Morgan fingerprint density at radius 2 is 1.56 bits per heavy atom. The first-order valence-electron chi connectivity index (χ1n) is 8.59. The fraction of sp³-hybridized carbons (Fsp3) is 0.0833. The standard InChI is InChI=1S/C24H21N/c1-4-22-18(3)25(21-11-6-5-7-12-21)24-14-13-20(16-23(22)24)19-10-8-9-17(2)15-19/h4-16H,1H2,2-3H3. The van der Waals surface area contributed by atoms with E-state index in [0.29, 0.717) is 0 Å². The Balaban J connectivity index is 1.99. The maximum atomic E-state index is 4.05. The van der Waals surface area contributed by atoms with Gasteiger partial charge in [0, 0.05) is 22.3 Å². The summed E-state index contributed by atoms with van der Waals surface area (Å²) in [6.07, 6.45) is 1.97. The summed E-state index contributed by atoms with van der Waals surface area (Å²) in [5.41, 5.74) is 8.59. The third-order valence-corrected chi connectivity index (χ3v) is 4.82. The molecular formula is C24H21N. The molecule has 0 amide bonds. The van der Waals surface area contributed by atoms with Crippen molar-refractivity contribution in [2.45, 2.75) is 13.8 Å². The minimum atomic E-state index is 1.18. The maximum Gasteiger partial charge on any atom is 0.0538 e. The van der Waals surface area contributed by atoms with Gasteiger partial charge in [-0.1, -0.05) is 66.7 Å². The zero-order valence-electron chi connectivity index (χ0n) is 14.7. The van der Waals surface area contributed by atoms with E-state index in [9.17, 15) is 0 Å². The number of hydrogen-bond acceptors (Lipinski definition) is 0. The molecule has 0 unspecified atom stereocenters. The third-order valence-electron chi connectivity index (χ3n) is 4.82. The van der Waals surface area contributed by atoms with Gasteiger partial charge >= 0.3 is 0 Å². The average Bonchev–Trinajstić information content (AvgIpc) is 2.92. The van der Waals surface area contributed by atoms with Crippen LogP contribution in [0, 0.1) is 13.8 Å². The second kappa shape index (κ2) is 6.10. The average molecular weight is 323 g/mol. The van der Waals surface area contributed by atoms with E-state index >= 15 is 0 Å². The second-order valence-electron chi connectivity index (χ2n) is 6.48. The second-order valence-corrected chi connectivity index (χ2v) is 6.48. The summed E-state index contributed by atoms with van der Waals surface area (Å²) in [6.45, 7) is 8.35. The van der Waals surface area contributed by atoms with Crippen molar-refractivity contribution in [3.05, 3.63) is 96.2 Å². The van der Waals surface area contributed by atoms with Crippen LogP contribution in [0.3, 0.4) is 0 Å². The highest BCUT2D eigenvalue weighted by atomic mass is 15.0. The van der Waals surface area contributed by atoms with E-state index in [1.165, 1.54) is 44.5 Å². The van der Waals surface area contributed by atoms with Crippen LogP contribution in [0.4, 0.5) is 0 Å². The Kier molecular flexibility index (Phi) is 3.77. The Morgan fingerprint density at radius 1 is 0.800 bits per heavy atom. The molecule has 0 aliphatic heterocycles. The van der Waals surface area contributed by atoms with E-state index in [4.69, 9.17) is 0 Å². The van der Waals surface area contributed by atoms with E-state index in [0.717, 1.165) is 0 Å². The van der Waals surface area contributed by atoms with Crippen LogP contribution in [0.1, 0.15) is 16.8 Å². The number of aryl methyl sites for hydroxylation is 1. The van der Waals surface area contributed by atoms with E-state index < -0.39 is 0 Å². The topological polar surface area (TPSA) is 4.93 Å². The lowest BCUT2D eigenvalue weighted by molar-refractivity contribution is 1.05. The van der Waals surface area contributed by atoms with Crippen LogP contribution in [-0.2, 0) is 0 Å². The minimum absolute atomic E-state index is 1.18. The zero-order valence-corrected chi connectivity index (χ0v) is 14.7. The predicted octanol–water partition coefficient (Wildman–Crippen LogP) is 6.56. The van der Waals surface area contributed by atoms with Gasteiger partial charge in [-0.15, -0.1) is 0 Å². The number of aromatic nitrogens is 1. The predicted molar refractivity (Wildman–Crippen MR) is 108 cm³/mol. The Labute approximate surface area is 148 Å². The molecule has 0 aliphatic rings. The SMILES string of the molecule is C=Cc1c(C)n(-c2ccccc2)c2ccc(-c3cccc(C)c3)cc12. The Hall–Kier alpha value is -3.06. The Morgan fingerprint density at radius 3 is 2.28 bits per heavy atom. The van der Waals surface area contributed by atoms with E-state index in [1.54, 1.807) is 0 Å². The molecule has 0 saturated heterocycles. The molecule has 0 bridgehead atoms. The van der Waals surface area contributed by atoms with Gasteiger partial charge in [0.25, 0.3) is 0 Å². The molecule has 4 aromatic rings. The quantitative estimate of drug-likeness (QED) is 0.402. The summed E-state index contributed by atoms with van der Waals surface area (Å²) in [7, 11) is 0. The third kappa shape index (κ3) is 2.58. The highest BCUT2D eigenvalue weighted by Crippen LogP contribution is 2.33. The van der Waals surface area contributed by atoms with Crippen LogP contribution in [0.15, 0.2) is 79.4 Å². The van der Waals surface area contributed by atoms with Gasteiger partial charge in [0.2, 0.25) is 0 Å². The summed E-state index contributed by atoms with van der Waals surface area (Å²) < 4.78 is 2.31. The fourth-order valence-corrected chi connectivity index (χ4v) is 3.61. The molecule has 0 saturated carbocycles. The molecule has 1 aromatic heterocycles. The number of fused-ring (bicyclic) bond motifs is 1. The van der Waals surface area contributed by atoms with E-state index in [2.05, 4.69) is 97.8 Å². The molecule has 0 fully saturated rings. The van der Waals surface area contributed by atoms with Crippen LogP contribution in [-0.4, -0.2) is 4.57 Å². The monoisotopic (exact) mass is 323 g/mol. The minimum Gasteiger partial charge on any atom is -0.313 e. The molecule has 0 atom stereocenters. The lowest BCUT2D eigenvalue weighted by Gasteiger charge is -2.09. The van der Waals surface area contributed by atoms with Gasteiger partial charge in [-0.25, -0.2) is 0 Å². The van der Waals surface area contributed by atoms with Crippen LogP contribution in [0.25, 0.3) is 33.8 Å². The molecule has 0 N–H and O–H groups in total. The van der Waals surface area contributed by atoms with Gasteiger partial charge in [0.1, 0.15) is 0 Å². The molecule has 1 heterocycles. The number of benzene rings is 3. The summed E-state index contributed by atoms with van der Waals surface area (Å²) in [4.78, 5) is 0. The van der Waals surface area contributed by atoms with Crippen molar-refractivity contribution in [1.82, 2.24) is 4.57 Å². The molecule has 3 aromatic carbocycles. The van der Waals surface area contributed by atoms with Crippen molar-refractivity contribution in [2.75, 3.05) is 0 Å². The van der Waals surface area contributed by atoms with Crippen molar-refractivity contribution in [3.8, 4) is 16.8 Å². The zero-order chi connectivity index (χ0) is 17.4. The van der Waals surface area contributed by atoms with Gasteiger partial charge in [-0.2, -0.15) is 0 Å². The van der Waals surface area contributed by atoms with E-state index in [1.807, 2.05) is 6.08 Å². The molecule has 1 nitrogen and oxygen atoms in total. The van der Waals surface area contributed by atoms with Crippen molar-refractivity contribution in [3.63, 3.8) is 0 Å². The fourth-order valence-electron chi connectivity index (χ4n) is 3.61. The Bertz CT molecular complexity index is 1070. The molecule has 0 spiro atoms. The highest BCUT2D eigenvalue weighted by molar-refractivity contribution is 5.95. The lowest BCUT2D eigenvalue weighted by Crippen LogP contribution is -1.96. The summed E-state index contributed by atoms with van der Waals surface area (Å²) in [6, 6.07) is 25.9. The van der Waals surface area contributed by atoms with Crippen LogP contribution >= 0.6 is 0 Å². The van der Waals surface area contributed by atoms with Gasteiger partial charge in [-0.05, 0) is 49.2 Å². The number of nitrogens with zero attached hydrogens (tertiary/aromatic N) is 1. The smallest absolute Gasteiger partial charge is 0.0538 e. The molecule has 25 heavy (non-hydrogen) atoms. The molecule has 0 aliphatic carbocycles. The summed E-state index contributed by atoms with van der Waals surface area (Å²) >= 11 is 0. The largest absolute Gasteiger partial charge is 0.313 e. The molecule has 122 valence electrons. The van der Waals surface area contributed by atoms with Crippen molar-refractivity contribution in [2.24, 2.45) is 0 Å². The van der Waals surface area contributed by atoms with Crippen molar-refractivity contribution >= 4 is 17.0 Å². The van der Waals surface area contributed by atoms with Crippen LogP contribution < -0.4 is 0 Å². The molecule has 0 radical (unpaired) electrons. The number of rotatable bonds is 3. The maximum absolute atomic E-state index is 4.05.